The van der Waals surface area contributed by atoms with Crippen molar-refractivity contribution in [2.24, 2.45) is 21.8 Å². The largest absolute Gasteiger partial charge is 1.00 e. The van der Waals surface area contributed by atoms with E-state index in [1.54, 1.807) is 0 Å². The molecule has 1 saturated carbocycles. The van der Waals surface area contributed by atoms with Crippen LogP contribution in [0.4, 0.5) is 0 Å². The second-order valence-electron chi connectivity index (χ2n) is 8.31. The van der Waals surface area contributed by atoms with Crippen LogP contribution in [-0.4, -0.2) is 25.0 Å². The molecule has 3 rings (SSSR count). The summed E-state index contributed by atoms with van der Waals surface area (Å²) in [6.07, 6.45) is 8.30. The van der Waals surface area contributed by atoms with Crippen LogP contribution >= 0.6 is 22.6 Å². The average Bonchev–Trinajstić information content (AvgIpc) is 2.74. The number of nitrogens with zero attached hydrogens (tertiary/aromatic N) is 2. The smallest absolute Gasteiger partial charge is 0.272 e. The van der Waals surface area contributed by atoms with Crippen LogP contribution in [-0.2, 0) is 4.43 Å². The van der Waals surface area contributed by atoms with Crippen molar-refractivity contribution in [3.63, 3.8) is 0 Å². The van der Waals surface area contributed by atoms with Crippen molar-refractivity contribution in [3.8, 4) is 0 Å². The molecule has 0 aromatic heterocycles. The van der Waals surface area contributed by atoms with Crippen molar-refractivity contribution in [2.45, 2.75) is 51.7 Å². The molecule has 0 spiro atoms. The van der Waals surface area contributed by atoms with E-state index in [2.05, 4.69) is 67.6 Å². The minimum absolute atomic E-state index is 0. The number of hydrogen-bond acceptors (Lipinski definition) is 3. The molecule has 0 aromatic rings. The normalized spacial score (nSPS) is 29.1. The number of amidine groups is 1. The molecule has 4 nitrogen and oxygen atoms in total. The summed E-state index contributed by atoms with van der Waals surface area (Å²) in [5.41, 5.74) is 2.49. The van der Waals surface area contributed by atoms with E-state index in [1.165, 1.54) is 29.1 Å². The SMILES string of the molecule is CC(C)(C)[Si](C)(C)OCC1CC(C2=C3C=NC=C[NH+]3C(I)=N2)C1.[Cl-]. The van der Waals surface area contributed by atoms with Gasteiger partial charge in [0.15, 0.2) is 14.0 Å². The van der Waals surface area contributed by atoms with Gasteiger partial charge in [-0.3, -0.25) is 4.99 Å². The predicted octanol–water partition coefficient (Wildman–Crippen LogP) is 0.495. The van der Waals surface area contributed by atoms with Crippen molar-refractivity contribution >= 4 is 41.0 Å². The van der Waals surface area contributed by atoms with Crippen LogP contribution < -0.4 is 17.3 Å². The van der Waals surface area contributed by atoms with Crippen molar-refractivity contribution in [3.05, 3.63) is 23.8 Å². The van der Waals surface area contributed by atoms with Gasteiger partial charge in [0.25, 0.3) is 3.84 Å². The highest BCUT2D eigenvalue weighted by atomic mass is 127. The molecule has 0 bridgehead atoms. The minimum Gasteiger partial charge on any atom is -1.00 e. The summed E-state index contributed by atoms with van der Waals surface area (Å²) in [5, 5.41) is 0.293. The Morgan fingerprint density at radius 2 is 2.00 bits per heavy atom. The van der Waals surface area contributed by atoms with Gasteiger partial charge in [-0.2, -0.15) is 4.99 Å². The first-order chi connectivity index (χ1) is 10.7. The Morgan fingerprint density at radius 3 is 2.62 bits per heavy atom. The quantitative estimate of drug-likeness (QED) is 0.356. The van der Waals surface area contributed by atoms with Crippen molar-refractivity contribution in [1.82, 2.24) is 0 Å². The standard InChI is InChI=1S/C17H26IN3OSi.ClH/c1-17(2,3)23(4,5)22-11-12-8-13(9-12)15-14-10-19-6-7-21(14)16(18)20-15;/h6-7,10,12-13H,8-9,11H2,1-5H3;1H. The lowest BCUT2D eigenvalue weighted by molar-refractivity contribution is -0.684. The van der Waals surface area contributed by atoms with Gasteiger partial charge < -0.3 is 16.8 Å². The van der Waals surface area contributed by atoms with Crippen LogP contribution in [0.1, 0.15) is 33.6 Å². The lowest BCUT2D eigenvalue weighted by Gasteiger charge is -2.40. The molecule has 1 fully saturated rings. The molecule has 1 unspecified atom stereocenters. The van der Waals surface area contributed by atoms with Gasteiger partial charge in [-0.25, -0.2) is 4.90 Å². The molecule has 1 atom stereocenters. The number of rotatable bonds is 4. The van der Waals surface area contributed by atoms with Crippen LogP contribution in [0.25, 0.3) is 0 Å². The van der Waals surface area contributed by atoms with Gasteiger partial charge in [-0.05, 0) is 36.9 Å². The number of allylic oxidation sites excluding steroid dienone is 2. The monoisotopic (exact) mass is 479 g/mol. The fourth-order valence-corrected chi connectivity index (χ4v) is 4.77. The first-order valence-electron chi connectivity index (χ1n) is 8.39. The van der Waals surface area contributed by atoms with Crippen LogP contribution in [0.2, 0.25) is 18.1 Å². The predicted molar refractivity (Wildman–Crippen MR) is 106 cm³/mol. The molecule has 1 aliphatic carbocycles. The van der Waals surface area contributed by atoms with E-state index in [1.807, 2.05) is 12.4 Å². The van der Waals surface area contributed by atoms with Gasteiger partial charge in [0.1, 0.15) is 11.9 Å². The molecule has 2 heterocycles. The number of hydrogen-bond donors (Lipinski definition) is 1. The maximum atomic E-state index is 6.38. The van der Waals surface area contributed by atoms with Gasteiger partial charge in [-0.15, -0.1) is 0 Å². The van der Waals surface area contributed by atoms with Crippen molar-refractivity contribution in [2.75, 3.05) is 6.61 Å². The zero-order valence-electron chi connectivity index (χ0n) is 15.1. The lowest BCUT2D eigenvalue weighted by Crippen LogP contribution is -3.07. The van der Waals surface area contributed by atoms with Crippen molar-refractivity contribution in [1.29, 1.82) is 0 Å². The molecule has 0 radical (unpaired) electrons. The van der Waals surface area contributed by atoms with E-state index < -0.39 is 8.32 Å². The first kappa shape index (κ1) is 20.3. The molecule has 3 aliphatic rings. The maximum absolute atomic E-state index is 6.38. The number of nitrogens with one attached hydrogen (secondary N) is 1. The van der Waals surface area contributed by atoms with Gasteiger partial charge in [0.05, 0.1) is 35.0 Å². The third kappa shape index (κ3) is 3.87. The average molecular weight is 480 g/mol. The third-order valence-electron chi connectivity index (χ3n) is 5.65. The zero-order chi connectivity index (χ0) is 16.8. The topological polar surface area (TPSA) is 38.4 Å². The van der Waals surface area contributed by atoms with E-state index >= 15 is 0 Å². The fourth-order valence-electron chi connectivity index (χ4n) is 2.95. The molecule has 1 N–H and O–H groups in total. The van der Waals surface area contributed by atoms with Crippen LogP contribution in [0.15, 0.2) is 33.8 Å². The second kappa shape index (κ2) is 7.30. The van der Waals surface area contributed by atoms with Crippen LogP contribution in [0.3, 0.4) is 0 Å². The zero-order valence-corrected chi connectivity index (χ0v) is 19.0. The molecule has 2 aliphatic heterocycles. The number of fused-ring (bicyclic) bond motifs is 1. The van der Waals surface area contributed by atoms with Crippen molar-refractivity contribution < 1.29 is 21.7 Å². The summed E-state index contributed by atoms with van der Waals surface area (Å²) < 4.78 is 7.49. The highest BCUT2D eigenvalue weighted by Crippen LogP contribution is 2.43. The Morgan fingerprint density at radius 1 is 1.33 bits per heavy atom. The Labute approximate surface area is 166 Å². The van der Waals surface area contributed by atoms with Crippen LogP contribution in [0.5, 0.6) is 0 Å². The van der Waals surface area contributed by atoms with E-state index in [4.69, 9.17) is 9.42 Å². The highest BCUT2D eigenvalue weighted by molar-refractivity contribution is 14.1. The fraction of sp³-hybridized carbons (Fsp3) is 0.647. The Hall–Kier alpha value is -0.0231. The van der Waals surface area contributed by atoms with E-state index in [0.717, 1.165) is 10.4 Å². The molecular formula is C17H27ClIN3OSi. The first-order valence-corrected chi connectivity index (χ1v) is 12.4. The van der Waals surface area contributed by atoms with Gasteiger partial charge >= 0.3 is 0 Å². The van der Waals surface area contributed by atoms with Gasteiger partial charge in [-0.1, -0.05) is 20.8 Å². The highest BCUT2D eigenvalue weighted by Gasteiger charge is 2.42. The number of halogens is 2. The number of aliphatic imine (C=N–C) groups is 2. The van der Waals surface area contributed by atoms with E-state index in [-0.39, 0.29) is 12.4 Å². The lowest BCUT2D eigenvalue weighted by atomic mass is 9.73. The summed E-state index contributed by atoms with van der Waals surface area (Å²) >= 11 is 2.34. The van der Waals surface area contributed by atoms with Gasteiger partial charge in [0.2, 0.25) is 0 Å². The summed E-state index contributed by atoms with van der Waals surface area (Å²) in [5.74, 6) is 1.27. The molecule has 0 saturated heterocycles. The molecular weight excluding hydrogens is 453 g/mol. The van der Waals surface area contributed by atoms with Gasteiger partial charge in [0, 0.05) is 12.5 Å². The summed E-state index contributed by atoms with van der Waals surface area (Å²) in [7, 11) is -1.62. The third-order valence-corrected chi connectivity index (χ3v) is 11.0. The maximum Gasteiger partial charge on any atom is 0.272 e. The summed E-state index contributed by atoms with van der Waals surface area (Å²) in [6.45, 7) is 12.5. The molecule has 7 heteroatoms. The summed E-state index contributed by atoms with van der Waals surface area (Å²) in [4.78, 5) is 10.3. The molecule has 0 amide bonds. The Balaban J connectivity index is 0.00000208. The van der Waals surface area contributed by atoms with Crippen LogP contribution in [0, 0.1) is 11.8 Å². The minimum atomic E-state index is -1.62. The molecule has 0 aromatic carbocycles. The molecule has 24 heavy (non-hydrogen) atoms. The Bertz CT molecular complexity index is 616. The van der Waals surface area contributed by atoms with E-state index in [0.29, 0.717) is 16.9 Å². The van der Waals surface area contributed by atoms with E-state index in [9.17, 15) is 0 Å². The molecule has 134 valence electrons. The number of quaternary nitrogens is 1. The second-order valence-corrected chi connectivity index (χ2v) is 14.1. The summed E-state index contributed by atoms with van der Waals surface area (Å²) in [6, 6.07) is 0. The Kier molecular flexibility index (Phi) is 6.18.